The van der Waals surface area contributed by atoms with E-state index in [0.717, 1.165) is 0 Å². The summed E-state index contributed by atoms with van der Waals surface area (Å²) in [6.45, 7) is 7.01. The number of hydrogen-bond donors (Lipinski definition) is 2. The van der Waals surface area contributed by atoms with E-state index in [1.165, 1.54) is 0 Å². The van der Waals surface area contributed by atoms with Crippen LogP contribution in [0.1, 0.15) is 33.6 Å². The molecule has 0 bridgehead atoms. The van der Waals surface area contributed by atoms with Crippen LogP contribution in [0.5, 0.6) is 11.5 Å². The van der Waals surface area contributed by atoms with Crippen molar-refractivity contribution in [1.82, 2.24) is 9.62 Å². The number of amides is 2. The quantitative estimate of drug-likeness (QED) is 0.815. The van der Waals surface area contributed by atoms with Crippen molar-refractivity contribution in [3.05, 3.63) is 18.2 Å². The maximum atomic E-state index is 12.5. The van der Waals surface area contributed by atoms with Crippen LogP contribution in [0.4, 0.5) is 10.5 Å². The summed E-state index contributed by atoms with van der Waals surface area (Å²) in [5, 5.41) is 2.86. The molecule has 0 saturated carbocycles. The molecule has 27 heavy (non-hydrogen) atoms. The minimum Gasteiger partial charge on any atom is -0.486 e. The number of piperidine rings is 1. The number of nitrogens with zero attached hydrogens (tertiary/aromatic N) is 1. The number of benzene rings is 1. The van der Waals surface area contributed by atoms with Crippen molar-refractivity contribution in [2.45, 2.75) is 44.4 Å². The number of urea groups is 1. The van der Waals surface area contributed by atoms with Gasteiger partial charge in [-0.15, -0.1) is 0 Å². The Morgan fingerprint density at radius 3 is 2.37 bits per heavy atom. The molecular weight excluding hydrogens is 370 g/mol. The topological polar surface area (TPSA) is 97.0 Å². The van der Waals surface area contributed by atoms with Crippen LogP contribution < -0.4 is 19.5 Å². The van der Waals surface area contributed by atoms with Crippen LogP contribution in [-0.4, -0.2) is 56.4 Å². The highest BCUT2D eigenvalue weighted by molar-refractivity contribution is 7.90. The third kappa shape index (κ3) is 4.65. The van der Waals surface area contributed by atoms with Crippen molar-refractivity contribution in [2.75, 3.05) is 31.6 Å². The molecule has 1 fully saturated rings. The summed E-state index contributed by atoms with van der Waals surface area (Å²) in [5.74, 6) is 1.29. The number of hydrogen-bond acceptors (Lipinski definition) is 5. The summed E-state index contributed by atoms with van der Waals surface area (Å²) in [7, 11) is -3.39. The Kier molecular flexibility index (Phi) is 5.53. The van der Waals surface area contributed by atoms with Gasteiger partial charge in [-0.25, -0.2) is 17.9 Å². The second kappa shape index (κ2) is 7.55. The number of fused-ring (bicyclic) bond motifs is 1. The first-order valence-corrected chi connectivity index (χ1v) is 10.6. The Bertz CT molecular complexity index is 796. The van der Waals surface area contributed by atoms with Crippen LogP contribution in [0.2, 0.25) is 0 Å². The van der Waals surface area contributed by atoms with Gasteiger partial charge in [-0.2, -0.15) is 0 Å². The van der Waals surface area contributed by atoms with Gasteiger partial charge in [0, 0.05) is 30.9 Å². The molecule has 2 amide bonds. The van der Waals surface area contributed by atoms with Gasteiger partial charge in [0.25, 0.3) is 0 Å². The van der Waals surface area contributed by atoms with E-state index in [0.29, 0.717) is 56.3 Å². The Morgan fingerprint density at radius 1 is 1.11 bits per heavy atom. The van der Waals surface area contributed by atoms with Crippen molar-refractivity contribution in [3.8, 4) is 11.5 Å². The molecule has 0 radical (unpaired) electrons. The summed E-state index contributed by atoms with van der Waals surface area (Å²) in [6, 6.07) is 4.94. The molecule has 1 aromatic rings. The van der Waals surface area contributed by atoms with Crippen molar-refractivity contribution < 1.29 is 22.7 Å². The molecule has 0 unspecified atom stereocenters. The highest BCUT2D eigenvalue weighted by Gasteiger charge is 2.33. The predicted octanol–water partition coefficient (Wildman–Crippen LogP) is 2.17. The molecule has 9 heteroatoms. The number of carbonyl (C=O) groups is 1. The fourth-order valence-corrected chi connectivity index (χ4v) is 3.95. The summed E-state index contributed by atoms with van der Waals surface area (Å²) in [5.41, 5.74) is 0.639. The molecule has 2 N–H and O–H groups in total. The van der Waals surface area contributed by atoms with Crippen LogP contribution in [0, 0.1) is 0 Å². The third-order valence-corrected chi connectivity index (χ3v) is 6.96. The highest BCUT2D eigenvalue weighted by atomic mass is 32.2. The lowest BCUT2D eigenvalue weighted by molar-refractivity contribution is 0.171. The Balaban J connectivity index is 1.53. The van der Waals surface area contributed by atoms with E-state index in [1.807, 2.05) is 0 Å². The molecular formula is C18H27N3O5S. The number of carbonyl (C=O) groups excluding carboxylic acids is 1. The van der Waals surface area contributed by atoms with E-state index in [4.69, 9.17) is 9.47 Å². The number of nitrogens with one attached hydrogen (secondary N) is 2. The highest BCUT2D eigenvalue weighted by Crippen LogP contribution is 2.32. The first-order valence-electron chi connectivity index (χ1n) is 9.13. The smallest absolute Gasteiger partial charge is 0.321 e. The number of likely N-dealkylation sites (tertiary alicyclic amines) is 1. The van der Waals surface area contributed by atoms with Gasteiger partial charge in [-0.05, 0) is 45.7 Å². The molecule has 0 atom stereocenters. The van der Waals surface area contributed by atoms with Crippen LogP contribution in [-0.2, 0) is 10.0 Å². The standard InChI is InChI=1S/C18H27N3O5S/c1-18(2,3)27(23,24)20-13-6-8-21(9-7-13)17(22)19-14-4-5-15-16(12-14)26-11-10-25-15/h4-5,12-13,20H,6-11H2,1-3H3,(H,19,22). The largest absolute Gasteiger partial charge is 0.486 e. The van der Waals surface area contributed by atoms with E-state index in [2.05, 4.69) is 10.0 Å². The third-order valence-electron chi connectivity index (χ3n) is 4.70. The molecule has 2 aliphatic rings. The minimum absolute atomic E-state index is 0.146. The van der Waals surface area contributed by atoms with Gasteiger partial charge < -0.3 is 19.7 Å². The number of sulfonamides is 1. The van der Waals surface area contributed by atoms with E-state index in [-0.39, 0.29) is 12.1 Å². The van der Waals surface area contributed by atoms with Gasteiger partial charge in [-0.3, -0.25) is 0 Å². The molecule has 2 heterocycles. The zero-order chi connectivity index (χ0) is 19.7. The number of rotatable bonds is 3. The van der Waals surface area contributed by atoms with Gasteiger partial charge >= 0.3 is 6.03 Å². The van der Waals surface area contributed by atoms with Gasteiger partial charge in [0.05, 0.1) is 4.75 Å². The molecule has 0 aromatic heterocycles. The van der Waals surface area contributed by atoms with Crippen LogP contribution in [0.3, 0.4) is 0 Å². The van der Waals surface area contributed by atoms with Crippen LogP contribution in [0.15, 0.2) is 18.2 Å². The average Bonchev–Trinajstić information content (AvgIpc) is 2.61. The summed E-state index contributed by atoms with van der Waals surface area (Å²) in [6.07, 6.45) is 1.17. The zero-order valence-electron chi connectivity index (χ0n) is 15.9. The second-order valence-corrected chi connectivity index (χ2v) is 10.3. The predicted molar refractivity (Wildman–Crippen MR) is 103 cm³/mol. The SMILES string of the molecule is CC(C)(C)S(=O)(=O)NC1CCN(C(=O)Nc2ccc3c(c2)OCCO3)CC1. The fourth-order valence-electron chi connectivity index (χ4n) is 2.92. The average molecular weight is 397 g/mol. The summed E-state index contributed by atoms with van der Waals surface area (Å²) in [4.78, 5) is 14.2. The zero-order valence-corrected chi connectivity index (χ0v) is 16.8. The Labute approximate surface area is 160 Å². The van der Waals surface area contributed by atoms with Crippen LogP contribution in [0.25, 0.3) is 0 Å². The molecule has 0 aliphatic carbocycles. The van der Waals surface area contributed by atoms with Gasteiger partial charge in [0.15, 0.2) is 11.5 Å². The van der Waals surface area contributed by atoms with Gasteiger partial charge in [0.1, 0.15) is 13.2 Å². The first-order chi connectivity index (χ1) is 12.7. The van der Waals surface area contributed by atoms with Gasteiger partial charge in [0.2, 0.25) is 10.0 Å². The van der Waals surface area contributed by atoms with Crippen molar-refractivity contribution in [1.29, 1.82) is 0 Å². The lowest BCUT2D eigenvalue weighted by atomic mass is 10.1. The molecule has 0 spiro atoms. The molecule has 1 saturated heterocycles. The van der Waals surface area contributed by atoms with E-state index < -0.39 is 14.8 Å². The van der Waals surface area contributed by atoms with Crippen molar-refractivity contribution in [2.24, 2.45) is 0 Å². The minimum atomic E-state index is -3.39. The van der Waals surface area contributed by atoms with Gasteiger partial charge in [-0.1, -0.05) is 0 Å². The van der Waals surface area contributed by atoms with Crippen LogP contribution >= 0.6 is 0 Å². The van der Waals surface area contributed by atoms with E-state index in [9.17, 15) is 13.2 Å². The maximum Gasteiger partial charge on any atom is 0.321 e. The number of ether oxygens (including phenoxy) is 2. The normalized spacial score (nSPS) is 18.3. The lowest BCUT2D eigenvalue weighted by Crippen LogP contribution is -2.50. The second-order valence-electron chi connectivity index (χ2n) is 7.78. The Hall–Kier alpha value is -2.00. The molecule has 3 rings (SSSR count). The molecule has 8 nitrogen and oxygen atoms in total. The molecule has 1 aromatic carbocycles. The summed E-state index contributed by atoms with van der Waals surface area (Å²) >= 11 is 0. The lowest BCUT2D eigenvalue weighted by Gasteiger charge is -2.33. The summed E-state index contributed by atoms with van der Waals surface area (Å²) < 4.78 is 37.4. The monoisotopic (exact) mass is 397 g/mol. The maximum absolute atomic E-state index is 12.5. The van der Waals surface area contributed by atoms with Crippen molar-refractivity contribution >= 4 is 21.7 Å². The fraction of sp³-hybridized carbons (Fsp3) is 0.611. The van der Waals surface area contributed by atoms with E-state index in [1.54, 1.807) is 43.9 Å². The van der Waals surface area contributed by atoms with Crippen molar-refractivity contribution in [3.63, 3.8) is 0 Å². The van der Waals surface area contributed by atoms with E-state index >= 15 is 0 Å². The first kappa shape index (κ1) is 19.8. The molecule has 2 aliphatic heterocycles. The Morgan fingerprint density at radius 2 is 1.74 bits per heavy atom. The number of anilines is 1. The molecule has 150 valence electrons.